The van der Waals surface area contributed by atoms with Crippen molar-refractivity contribution in [1.82, 2.24) is 4.31 Å². The lowest BCUT2D eigenvalue weighted by Gasteiger charge is -2.26. The Morgan fingerprint density at radius 2 is 1.85 bits per heavy atom. The van der Waals surface area contributed by atoms with Gasteiger partial charge in [-0.25, -0.2) is 13.2 Å². The van der Waals surface area contributed by atoms with Crippen molar-refractivity contribution in [3.63, 3.8) is 0 Å². The van der Waals surface area contributed by atoms with Crippen LogP contribution in [0.5, 0.6) is 5.75 Å². The van der Waals surface area contributed by atoms with Crippen LogP contribution in [-0.2, 0) is 30.7 Å². The number of ether oxygens (including phenoxy) is 3. The fourth-order valence-electron chi connectivity index (χ4n) is 3.39. The van der Waals surface area contributed by atoms with Crippen molar-refractivity contribution in [3.8, 4) is 5.75 Å². The van der Waals surface area contributed by atoms with Gasteiger partial charge in [-0.05, 0) is 48.4 Å². The molecule has 1 amide bonds. The van der Waals surface area contributed by atoms with Crippen LogP contribution in [0.4, 0.5) is 5.69 Å². The van der Waals surface area contributed by atoms with Gasteiger partial charge in [0.15, 0.2) is 0 Å². The summed E-state index contributed by atoms with van der Waals surface area (Å²) in [7, 11) is -0.951. The van der Waals surface area contributed by atoms with Gasteiger partial charge in [-0.15, -0.1) is 0 Å². The number of anilines is 1. The Balaban J connectivity index is 1.72. The molecule has 0 atom stereocenters. The molecule has 11 heteroatoms. The summed E-state index contributed by atoms with van der Waals surface area (Å²) in [5.41, 5.74) is 1.12. The predicted molar refractivity (Wildman–Crippen MR) is 122 cm³/mol. The van der Waals surface area contributed by atoms with E-state index in [1.165, 1.54) is 42.8 Å². The number of methoxy groups -OCH3 is 2. The van der Waals surface area contributed by atoms with E-state index in [1.807, 2.05) is 0 Å². The molecule has 1 aliphatic heterocycles. The fraction of sp³-hybridized carbons (Fsp3) is 0.364. The first-order chi connectivity index (χ1) is 15.8. The Kier molecular flexibility index (Phi) is 8.30. The van der Waals surface area contributed by atoms with E-state index in [9.17, 15) is 18.0 Å². The van der Waals surface area contributed by atoms with Crippen LogP contribution in [-0.4, -0.2) is 65.1 Å². The lowest BCUT2D eigenvalue weighted by atomic mass is 10.1. The van der Waals surface area contributed by atoms with Gasteiger partial charge in [-0.2, -0.15) is 4.31 Å². The van der Waals surface area contributed by atoms with Crippen LogP contribution in [0.15, 0.2) is 41.3 Å². The van der Waals surface area contributed by atoms with Crippen LogP contribution >= 0.6 is 11.6 Å². The zero-order valence-corrected chi connectivity index (χ0v) is 19.9. The van der Waals surface area contributed by atoms with Gasteiger partial charge in [-0.3, -0.25) is 4.79 Å². The molecule has 1 fully saturated rings. The maximum Gasteiger partial charge on any atom is 0.339 e. The first-order valence-corrected chi connectivity index (χ1v) is 12.0. The van der Waals surface area contributed by atoms with E-state index < -0.39 is 16.0 Å². The Hall–Kier alpha value is -2.66. The monoisotopic (exact) mass is 496 g/mol. The Labute approximate surface area is 197 Å². The van der Waals surface area contributed by atoms with E-state index in [0.717, 1.165) is 0 Å². The molecule has 1 saturated heterocycles. The Bertz CT molecular complexity index is 1130. The molecule has 0 aliphatic carbocycles. The van der Waals surface area contributed by atoms with Crippen LogP contribution < -0.4 is 10.1 Å². The molecule has 1 heterocycles. The van der Waals surface area contributed by atoms with Crippen LogP contribution in [0, 0.1) is 0 Å². The third kappa shape index (κ3) is 6.02. The SMILES string of the molecule is COC(=O)c1cc(NC(=O)CCc2cc(S(=O)(=O)N3CCOCC3)ccc2OC)ccc1Cl. The van der Waals surface area contributed by atoms with Crippen LogP contribution in [0.25, 0.3) is 0 Å². The maximum absolute atomic E-state index is 13.0. The third-order valence-electron chi connectivity index (χ3n) is 5.14. The highest BCUT2D eigenvalue weighted by atomic mass is 35.5. The Morgan fingerprint density at radius 3 is 2.52 bits per heavy atom. The van der Waals surface area contributed by atoms with Gasteiger partial charge in [-0.1, -0.05) is 11.6 Å². The highest BCUT2D eigenvalue weighted by molar-refractivity contribution is 7.89. The zero-order valence-electron chi connectivity index (χ0n) is 18.3. The minimum absolute atomic E-state index is 0.0631. The molecule has 0 radical (unpaired) electrons. The first-order valence-electron chi connectivity index (χ1n) is 10.2. The number of nitrogens with one attached hydrogen (secondary N) is 1. The number of benzene rings is 2. The number of esters is 1. The van der Waals surface area contributed by atoms with Gasteiger partial charge in [0, 0.05) is 25.2 Å². The summed E-state index contributed by atoms with van der Waals surface area (Å²) < 4.78 is 42.6. The molecule has 33 heavy (non-hydrogen) atoms. The van der Waals surface area contributed by atoms with Gasteiger partial charge < -0.3 is 19.5 Å². The fourth-order valence-corrected chi connectivity index (χ4v) is 5.04. The summed E-state index contributed by atoms with van der Waals surface area (Å²) in [6, 6.07) is 9.11. The molecular formula is C22H25ClN2O7S. The number of morpholine rings is 1. The van der Waals surface area contributed by atoms with Crippen molar-refractivity contribution >= 4 is 39.2 Å². The molecule has 0 aromatic heterocycles. The molecule has 9 nitrogen and oxygen atoms in total. The molecule has 2 aromatic carbocycles. The van der Waals surface area contributed by atoms with E-state index in [4.69, 9.17) is 21.1 Å². The number of rotatable bonds is 8. The number of amides is 1. The van der Waals surface area contributed by atoms with Crippen LogP contribution in [0.1, 0.15) is 22.3 Å². The van der Waals surface area contributed by atoms with Crippen molar-refractivity contribution in [3.05, 3.63) is 52.5 Å². The van der Waals surface area contributed by atoms with E-state index in [1.54, 1.807) is 12.1 Å². The second-order valence-electron chi connectivity index (χ2n) is 7.22. The van der Waals surface area contributed by atoms with Gasteiger partial charge in [0.05, 0.1) is 42.9 Å². The quantitative estimate of drug-likeness (QED) is 0.559. The number of carbonyl (C=O) groups is 2. The summed E-state index contributed by atoms with van der Waals surface area (Å²) in [5, 5.41) is 2.92. The predicted octanol–water partition coefficient (Wildman–Crippen LogP) is 2.73. The second-order valence-corrected chi connectivity index (χ2v) is 9.57. The number of halogens is 1. The summed E-state index contributed by atoms with van der Waals surface area (Å²) in [6.45, 7) is 1.29. The lowest BCUT2D eigenvalue weighted by Crippen LogP contribution is -2.40. The summed E-state index contributed by atoms with van der Waals surface area (Å²) in [6.07, 6.45) is 0.312. The average molecular weight is 497 g/mol. The minimum atomic E-state index is -3.68. The van der Waals surface area contributed by atoms with Crippen molar-refractivity contribution in [2.24, 2.45) is 0 Å². The van der Waals surface area contributed by atoms with Gasteiger partial charge in [0.25, 0.3) is 0 Å². The third-order valence-corrected chi connectivity index (χ3v) is 7.36. The molecule has 0 bridgehead atoms. The van der Waals surface area contributed by atoms with Crippen molar-refractivity contribution in [2.45, 2.75) is 17.7 Å². The van der Waals surface area contributed by atoms with Gasteiger partial charge >= 0.3 is 5.97 Å². The van der Waals surface area contributed by atoms with Crippen molar-refractivity contribution in [1.29, 1.82) is 0 Å². The number of hydrogen-bond acceptors (Lipinski definition) is 7. The smallest absolute Gasteiger partial charge is 0.339 e. The van der Waals surface area contributed by atoms with E-state index in [-0.39, 0.29) is 34.2 Å². The Morgan fingerprint density at radius 1 is 1.12 bits per heavy atom. The van der Waals surface area contributed by atoms with Gasteiger partial charge in [0.1, 0.15) is 5.75 Å². The standard InChI is InChI=1S/C22H25ClN2O7S/c1-30-20-7-5-17(33(28,29)25-9-11-32-12-10-25)13-15(20)3-8-21(26)24-16-4-6-19(23)18(14-16)22(27)31-2/h4-7,13-14H,3,8-12H2,1-2H3,(H,24,26). The average Bonchev–Trinajstić information content (AvgIpc) is 2.83. The molecule has 1 aliphatic rings. The molecular weight excluding hydrogens is 472 g/mol. The summed E-state index contributed by atoms with van der Waals surface area (Å²) >= 11 is 6.00. The zero-order chi connectivity index (χ0) is 24.0. The molecule has 0 saturated carbocycles. The number of sulfonamides is 1. The first kappa shape index (κ1) is 25.0. The highest BCUT2D eigenvalue weighted by Crippen LogP contribution is 2.27. The van der Waals surface area contributed by atoms with Crippen LogP contribution in [0.2, 0.25) is 5.02 Å². The lowest BCUT2D eigenvalue weighted by molar-refractivity contribution is -0.116. The number of hydrogen-bond donors (Lipinski definition) is 1. The normalized spacial score (nSPS) is 14.5. The number of aryl methyl sites for hydroxylation is 1. The maximum atomic E-state index is 13.0. The topological polar surface area (TPSA) is 111 Å². The van der Waals surface area contributed by atoms with Crippen molar-refractivity contribution < 1.29 is 32.2 Å². The minimum Gasteiger partial charge on any atom is -0.496 e. The summed E-state index contributed by atoms with van der Waals surface area (Å²) in [4.78, 5) is 24.4. The van der Waals surface area contributed by atoms with Crippen molar-refractivity contribution in [2.75, 3.05) is 45.8 Å². The van der Waals surface area contributed by atoms with Crippen LogP contribution in [0.3, 0.4) is 0 Å². The van der Waals surface area contributed by atoms with E-state index >= 15 is 0 Å². The largest absolute Gasteiger partial charge is 0.496 e. The van der Waals surface area contributed by atoms with Gasteiger partial charge in [0.2, 0.25) is 15.9 Å². The van der Waals surface area contributed by atoms with E-state index in [2.05, 4.69) is 10.1 Å². The molecule has 0 unspecified atom stereocenters. The molecule has 3 rings (SSSR count). The number of carbonyl (C=O) groups excluding carboxylic acids is 2. The second kappa shape index (κ2) is 11.0. The number of nitrogens with zero attached hydrogens (tertiary/aromatic N) is 1. The molecule has 1 N–H and O–H groups in total. The highest BCUT2D eigenvalue weighted by Gasteiger charge is 2.27. The molecule has 178 valence electrons. The summed E-state index contributed by atoms with van der Waals surface area (Å²) in [5.74, 6) is -0.445. The molecule has 0 spiro atoms. The molecule has 2 aromatic rings. The van der Waals surface area contributed by atoms with E-state index in [0.29, 0.717) is 43.3 Å².